The Morgan fingerprint density at radius 3 is 2.43 bits per heavy atom. The van der Waals surface area contributed by atoms with Crippen LogP contribution in [0.15, 0.2) is 17.0 Å². The van der Waals surface area contributed by atoms with E-state index in [1.807, 2.05) is 0 Å². The summed E-state index contributed by atoms with van der Waals surface area (Å²) in [5.41, 5.74) is -1.11. The Morgan fingerprint density at radius 1 is 1.38 bits per heavy atom. The van der Waals surface area contributed by atoms with Gasteiger partial charge in [0.05, 0.1) is 17.0 Å². The molecule has 1 aliphatic rings. The summed E-state index contributed by atoms with van der Waals surface area (Å²) in [6, 6.07) is 2.03. The fourth-order valence-electron chi connectivity index (χ4n) is 2.37. The van der Waals surface area contributed by atoms with Gasteiger partial charge in [0.2, 0.25) is 10.0 Å². The minimum atomic E-state index is -3.98. The van der Waals surface area contributed by atoms with Crippen LogP contribution in [0.4, 0.5) is 0 Å². The van der Waals surface area contributed by atoms with Gasteiger partial charge in [0, 0.05) is 0 Å². The van der Waals surface area contributed by atoms with E-state index < -0.39 is 32.8 Å². The molecule has 1 aromatic rings. The normalized spacial score (nSPS) is 17.2. The number of aliphatic hydroxyl groups excluding tert-OH is 1. The lowest BCUT2D eigenvalue weighted by atomic mass is 9.78. The van der Waals surface area contributed by atoms with Gasteiger partial charge >= 0.3 is 5.97 Å². The monoisotopic (exact) mass is 315 g/mol. The van der Waals surface area contributed by atoms with Gasteiger partial charge in [0.1, 0.15) is 11.3 Å². The quantitative estimate of drug-likeness (QED) is 0.630. The molecular formula is C13H17NO6S. The first-order valence-corrected chi connectivity index (χ1v) is 7.91. The van der Waals surface area contributed by atoms with Gasteiger partial charge < -0.3 is 15.3 Å². The molecule has 7 nitrogen and oxygen atoms in total. The molecule has 1 saturated carbocycles. The highest BCUT2D eigenvalue weighted by Gasteiger charge is 2.40. The molecule has 116 valence electrons. The number of hydrogen-bond donors (Lipinski definition) is 4. The summed E-state index contributed by atoms with van der Waals surface area (Å²) >= 11 is 0. The molecule has 4 N–H and O–H groups in total. The smallest absolute Gasteiger partial charge is 0.339 e. The van der Waals surface area contributed by atoms with Gasteiger partial charge in [0.15, 0.2) is 0 Å². The van der Waals surface area contributed by atoms with E-state index in [1.54, 1.807) is 0 Å². The van der Waals surface area contributed by atoms with Crippen molar-refractivity contribution in [2.45, 2.75) is 36.6 Å². The number of aliphatic hydroxyl groups is 1. The van der Waals surface area contributed by atoms with Crippen molar-refractivity contribution in [2.24, 2.45) is 0 Å². The zero-order chi connectivity index (χ0) is 15.8. The first kappa shape index (κ1) is 15.7. The Labute approximate surface area is 122 Å². The summed E-state index contributed by atoms with van der Waals surface area (Å²) < 4.78 is 27.3. The van der Waals surface area contributed by atoms with Gasteiger partial charge in [-0.25, -0.2) is 17.9 Å². The first-order chi connectivity index (χ1) is 9.71. The molecule has 0 bridgehead atoms. The highest BCUT2D eigenvalue weighted by molar-refractivity contribution is 7.89. The summed E-state index contributed by atoms with van der Waals surface area (Å²) in [5.74, 6) is -1.90. The van der Waals surface area contributed by atoms with Gasteiger partial charge in [-0.05, 0) is 43.9 Å². The Bertz CT molecular complexity index is 673. The van der Waals surface area contributed by atoms with Crippen molar-refractivity contribution in [3.63, 3.8) is 0 Å². The van der Waals surface area contributed by atoms with Gasteiger partial charge in [0.25, 0.3) is 0 Å². The van der Waals surface area contributed by atoms with Crippen molar-refractivity contribution < 1.29 is 28.5 Å². The van der Waals surface area contributed by atoms with Crippen LogP contribution in [0.3, 0.4) is 0 Å². The standard InChI is InChI=1S/C13H17NO6S/c1-8-5-10(16)9(12(17)18)6-11(8)21(19,20)14-13(7-15)3-2-4-13/h5-6,14-16H,2-4,7H2,1H3,(H,17,18). The van der Waals surface area contributed by atoms with Crippen LogP contribution in [0.5, 0.6) is 5.75 Å². The fourth-order valence-corrected chi connectivity index (χ4v) is 4.07. The van der Waals surface area contributed by atoms with Crippen molar-refractivity contribution in [2.75, 3.05) is 6.61 Å². The molecule has 0 aliphatic heterocycles. The van der Waals surface area contributed by atoms with Crippen molar-refractivity contribution in [3.8, 4) is 5.75 Å². The summed E-state index contributed by atoms with van der Waals surface area (Å²) in [4.78, 5) is 10.8. The van der Waals surface area contributed by atoms with Crippen LogP contribution in [0.25, 0.3) is 0 Å². The van der Waals surface area contributed by atoms with Crippen LogP contribution in [-0.2, 0) is 10.0 Å². The van der Waals surface area contributed by atoms with Crippen LogP contribution < -0.4 is 4.72 Å². The van der Waals surface area contributed by atoms with Crippen LogP contribution >= 0.6 is 0 Å². The summed E-state index contributed by atoms with van der Waals surface area (Å²) in [5, 5.41) is 27.9. The molecule has 1 aliphatic carbocycles. The van der Waals surface area contributed by atoms with Crippen LogP contribution in [0.1, 0.15) is 35.2 Å². The minimum absolute atomic E-state index is 0.211. The minimum Gasteiger partial charge on any atom is -0.507 e. The average Bonchev–Trinajstić information content (AvgIpc) is 2.33. The number of rotatable bonds is 5. The number of carbonyl (C=O) groups is 1. The largest absolute Gasteiger partial charge is 0.507 e. The second kappa shape index (κ2) is 5.28. The lowest BCUT2D eigenvalue weighted by molar-refractivity contribution is 0.0693. The zero-order valence-corrected chi connectivity index (χ0v) is 12.3. The molecule has 0 amide bonds. The molecule has 0 radical (unpaired) electrons. The van der Waals surface area contributed by atoms with Gasteiger partial charge in [-0.1, -0.05) is 0 Å². The summed E-state index contributed by atoms with van der Waals surface area (Å²) in [6.45, 7) is 1.15. The predicted octanol–water partition coefficient (Wildman–Crippen LogP) is 0.592. The van der Waals surface area contributed by atoms with E-state index in [9.17, 15) is 23.4 Å². The van der Waals surface area contributed by atoms with E-state index in [0.29, 0.717) is 12.8 Å². The Kier molecular flexibility index (Phi) is 3.96. The molecule has 0 unspecified atom stereocenters. The third kappa shape index (κ3) is 2.87. The van der Waals surface area contributed by atoms with Gasteiger partial charge in [-0.3, -0.25) is 0 Å². The molecule has 0 atom stereocenters. The molecule has 1 aromatic carbocycles. The zero-order valence-electron chi connectivity index (χ0n) is 11.5. The molecule has 0 heterocycles. The van der Waals surface area contributed by atoms with Crippen molar-refractivity contribution >= 4 is 16.0 Å². The highest BCUT2D eigenvalue weighted by atomic mass is 32.2. The number of aromatic hydroxyl groups is 1. The molecular weight excluding hydrogens is 298 g/mol. The third-order valence-electron chi connectivity index (χ3n) is 3.78. The number of sulfonamides is 1. The molecule has 0 spiro atoms. The predicted molar refractivity (Wildman–Crippen MR) is 73.8 cm³/mol. The molecule has 0 aromatic heterocycles. The number of hydrogen-bond acceptors (Lipinski definition) is 5. The fraction of sp³-hybridized carbons (Fsp3) is 0.462. The molecule has 21 heavy (non-hydrogen) atoms. The number of phenols is 1. The van der Waals surface area contributed by atoms with E-state index >= 15 is 0 Å². The Morgan fingerprint density at radius 2 is 2.00 bits per heavy atom. The number of aryl methyl sites for hydroxylation is 1. The topological polar surface area (TPSA) is 124 Å². The lowest BCUT2D eigenvalue weighted by Gasteiger charge is -2.40. The third-order valence-corrected chi connectivity index (χ3v) is 5.50. The summed E-state index contributed by atoms with van der Waals surface area (Å²) in [7, 11) is -3.98. The van der Waals surface area contributed by atoms with Crippen molar-refractivity contribution in [1.82, 2.24) is 4.72 Å². The number of aromatic carboxylic acids is 1. The number of carboxylic acid groups (broad SMARTS) is 1. The van der Waals surface area contributed by atoms with E-state index in [4.69, 9.17) is 5.11 Å². The first-order valence-electron chi connectivity index (χ1n) is 6.42. The Hall–Kier alpha value is -1.64. The van der Waals surface area contributed by atoms with Gasteiger partial charge in [-0.15, -0.1) is 0 Å². The molecule has 1 fully saturated rings. The second-order valence-corrected chi connectivity index (χ2v) is 6.99. The Balaban J connectivity index is 2.45. The van der Waals surface area contributed by atoms with Gasteiger partial charge in [-0.2, -0.15) is 0 Å². The second-order valence-electron chi connectivity index (χ2n) is 5.34. The summed E-state index contributed by atoms with van der Waals surface area (Å²) in [6.07, 6.45) is 1.88. The maximum atomic E-state index is 12.4. The SMILES string of the molecule is Cc1cc(O)c(C(=O)O)cc1S(=O)(=O)NC1(CO)CCC1. The number of benzene rings is 1. The highest BCUT2D eigenvalue weighted by Crippen LogP contribution is 2.34. The van der Waals surface area contributed by atoms with Crippen LogP contribution in [0, 0.1) is 6.92 Å². The maximum absolute atomic E-state index is 12.4. The van der Waals surface area contributed by atoms with Crippen LogP contribution in [-0.4, -0.2) is 41.9 Å². The number of nitrogens with one attached hydrogen (secondary N) is 1. The lowest BCUT2D eigenvalue weighted by Crippen LogP contribution is -2.56. The van der Waals surface area contributed by atoms with E-state index in [0.717, 1.165) is 18.6 Å². The van der Waals surface area contributed by atoms with E-state index in [-0.39, 0.29) is 17.1 Å². The molecule has 2 rings (SSSR count). The molecule has 8 heteroatoms. The van der Waals surface area contributed by atoms with E-state index in [2.05, 4.69) is 4.72 Å². The number of carboxylic acids is 1. The van der Waals surface area contributed by atoms with Crippen molar-refractivity contribution in [1.29, 1.82) is 0 Å². The van der Waals surface area contributed by atoms with Crippen molar-refractivity contribution in [3.05, 3.63) is 23.3 Å². The maximum Gasteiger partial charge on any atom is 0.339 e. The van der Waals surface area contributed by atoms with Crippen LogP contribution in [0.2, 0.25) is 0 Å². The van der Waals surface area contributed by atoms with E-state index in [1.165, 1.54) is 6.92 Å². The average molecular weight is 315 g/mol. The molecule has 0 saturated heterocycles.